The number of ether oxygens (including phenoxy) is 1. The number of non-ortho nitro benzene ring substituents is 1. The fourth-order valence-corrected chi connectivity index (χ4v) is 2.13. The molecule has 0 saturated heterocycles. The van der Waals surface area contributed by atoms with Gasteiger partial charge in [0.05, 0.1) is 17.3 Å². The molecule has 2 aromatic rings. The summed E-state index contributed by atoms with van der Waals surface area (Å²) in [5.41, 5.74) is -0.459. The molecule has 1 N–H and O–H groups in total. The molecule has 0 radical (unpaired) electrons. The second-order valence-corrected chi connectivity index (χ2v) is 5.35. The number of nitrogens with one attached hydrogen (secondary N) is 1. The molecule has 0 amide bonds. The number of nitro groups is 1. The molecule has 7 nitrogen and oxygen atoms in total. The van der Waals surface area contributed by atoms with Crippen LogP contribution in [0, 0.1) is 13.7 Å². The average molecular weight is 438 g/mol. The molecule has 9 heteroatoms. The predicted molar refractivity (Wildman–Crippen MR) is 78.4 cm³/mol. The Morgan fingerprint density at radius 3 is 2.84 bits per heavy atom. The zero-order valence-electron chi connectivity index (χ0n) is 9.09. The summed E-state index contributed by atoms with van der Waals surface area (Å²) in [5.74, 6) is 0.314. The molecule has 0 aliphatic carbocycles. The summed E-state index contributed by atoms with van der Waals surface area (Å²) in [6.45, 7) is 0. The number of hydrogen-bond donors (Lipinski definition) is 1. The zero-order valence-corrected chi connectivity index (χ0v) is 12.8. The molecule has 0 saturated carbocycles. The first-order chi connectivity index (χ1) is 8.97. The Kier molecular flexibility index (Phi) is 4.14. The monoisotopic (exact) mass is 437 g/mol. The van der Waals surface area contributed by atoms with Gasteiger partial charge < -0.3 is 9.72 Å². The number of aromatic amines is 1. The molecule has 0 fully saturated rings. The topological polar surface area (TPSA) is 98.1 Å². The van der Waals surface area contributed by atoms with E-state index in [0.29, 0.717) is 4.47 Å². The van der Waals surface area contributed by atoms with E-state index in [-0.39, 0.29) is 26.4 Å². The van der Waals surface area contributed by atoms with Crippen LogP contribution in [0.4, 0.5) is 5.69 Å². The molecule has 1 aromatic heterocycles. The van der Waals surface area contributed by atoms with Crippen LogP contribution < -0.4 is 10.3 Å². The first-order valence-electron chi connectivity index (χ1n) is 4.83. The molecule has 0 aliphatic heterocycles. The molecule has 0 spiro atoms. The van der Waals surface area contributed by atoms with Crippen LogP contribution in [0.2, 0.25) is 0 Å². The first-order valence-corrected chi connectivity index (χ1v) is 6.70. The van der Waals surface area contributed by atoms with Crippen molar-refractivity contribution in [2.75, 3.05) is 0 Å². The molecule has 1 aromatic carbocycles. The summed E-state index contributed by atoms with van der Waals surface area (Å²) < 4.78 is 6.15. The van der Waals surface area contributed by atoms with Crippen molar-refractivity contribution >= 4 is 44.2 Å². The van der Waals surface area contributed by atoms with Gasteiger partial charge in [0.15, 0.2) is 0 Å². The maximum atomic E-state index is 11.4. The number of rotatable bonds is 3. The van der Waals surface area contributed by atoms with E-state index in [4.69, 9.17) is 4.74 Å². The highest BCUT2D eigenvalue weighted by molar-refractivity contribution is 14.1. The fourth-order valence-electron chi connectivity index (χ4n) is 1.26. The summed E-state index contributed by atoms with van der Waals surface area (Å²) in [6, 6.07) is 4.15. The molecule has 0 bridgehead atoms. The lowest BCUT2D eigenvalue weighted by Gasteiger charge is -2.06. The molecule has 0 unspecified atom stereocenters. The molecule has 0 atom stereocenters. The number of halogens is 2. The Balaban J connectivity index is 2.41. The van der Waals surface area contributed by atoms with Gasteiger partial charge in [-0.2, -0.15) is 0 Å². The van der Waals surface area contributed by atoms with Gasteiger partial charge in [0.2, 0.25) is 5.88 Å². The molecule has 19 heavy (non-hydrogen) atoms. The van der Waals surface area contributed by atoms with Gasteiger partial charge in [-0.05, 0) is 28.7 Å². The summed E-state index contributed by atoms with van der Waals surface area (Å²) >= 11 is 4.94. The van der Waals surface area contributed by atoms with E-state index in [1.54, 1.807) is 28.7 Å². The van der Waals surface area contributed by atoms with E-state index in [1.807, 2.05) is 0 Å². The van der Waals surface area contributed by atoms with E-state index in [2.05, 4.69) is 25.9 Å². The van der Waals surface area contributed by atoms with Crippen molar-refractivity contribution < 1.29 is 9.66 Å². The lowest BCUT2D eigenvalue weighted by Crippen LogP contribution is -2.11. The number of benzene rings is 1. The Labute approximate surface area is 128 Å². The smallest absolute Gasteiger partial charge is 0.274 e. The van der Waals surface area contributed by atoms with Crippen molar-refractivity contribution in [2.24, 2.45) is 0 Å². The minimum Gasteiger partial charge on any atom is -0.437 e. The number of hydrogen-bond acceptors (Lipinski definition) is 5. The normalized spacial score (nSPS) is 10.2. The minimum atomic E-state index is -0.534. The Morgan fingerprint density at radius 2 is 2.16 bits per heavy atom. The minimum absolute atomic E-state index is 0.0942. The quantitative estimate of drug-likeness (QED) is 0.452. The highest BCUT2D eigenvalue weighted by Gasteiger charge is 2.13. The van der Waals surface area contributed by atoms with E-state index < -0.39 is 4.92 Å². The summed E-state index contributed by atoms with van der Waals surface area (Å²) in [4.78, 5) is 27.8. The lowest BCUT2D eigenvalue weighted by atomic mass is 10.3. The molecule has 0 aliphatic rings. The second-order valence-electron chi connectivity index (χ2n) is 3.36. The van der Waals surface area contributed by atoms with Crippen LogP contribution >= 0.6 is 38.5 Å². The lowest BCUT2D eigenvalue weighted by molar-refractivity contribution is -0.385. The Bertz CT molecular complexity index is 703. The van der Waals surface area contributed by atoms with E-state index in [9.17, 15) is 14.9 Å². The van der Waals surface area contributed by atoms with Gasteiger partial charge in [0, 0.05) is 10.5 Å². The Hall–Kier alpha value is -1.49. The number of aromatic nitrogens is 2. The summed E-state index contributed by atoms with van der Waals surface area (Å²) in [5, 5.41) is 10.7. The van der Waals surface area contributed by atoms with Gasteiger partial charge >= 0.3 is 0 Å². The van der Waals surface area contributed by atoms with Crippen molar-refractivity contribution in [1.82, 2.24) is 9.97 Å². The van der Waals surface area contributed by atoms with Crippen LogP contribution in [0.5, 0.6) is 11.6 Å². The molecular weight excluding hydrogens is 433 g/mol. The number of H-pyrrole nitrogens is 1. The summed E-state index contributed by atoms with van der Waals surface area (Å²) in [7, 11) is 0. The predicted octanol–water partition coefficient (Wildman–Crippen LogP) is 2.84. The SMILES string of the molecule is O=c1[nH]cnc(Oc2cc(Br)cc([N+](=O)[O-])c2)c1I. The maximum Gasteiger partial charge on any atom is 0.274 e. The molecule has 1 heterocycles. The summed E-state index contributed by atoms with van der Waals surface area (Å²) in [6.07, 6.45) is 1.20. The van der Waals surface area contributed by atoms with Crippen LogP contribution in [0.25, 0.3) is 0 Å². The van der Waals surface area contributed by atoms with E-state index in [0.717, 1.165) is 0 Å². The van der Waals surface area contributed by atoms with Crippen LogP contribution in [-0.2, 0) is 0 Å². The highest BCUT2D eigenvalue weighted by atomic mass is 127. The fraction of sp³-hybridized carbons (Fsp3) is 0. The van der Waals surface area contributed by atoms with Gasteiger partial charge in [0.25, 0.3) is 11.2 Å². The highest BCUT2D eigenvalue weighted by Crippen LogP contribution is 2.29. The third-order valence-corrected chi connectivity index (χ3v) is 3.46. The maximum absolute atomic E-state index is 11.4. The van der Waals surface area contributed by atoms with Crippen LogP contribution in [-0.4, -0.2) is 14.9 Å². The molecule has 2 rings (SSSR count). The van der Waals surface area contributed by atoms with Gasteiger partial charge in [-0.25, -0.2) is 4.98 Å². The van der Waals surface area contributed by atoms with E-state index in [1.165, 1.54) is 18.5 Å². The third-order valence-electron chi connectivity index (χ3n) is 2.05. The molecular formula is C10H5BrIN3O4. The van der Waals surface area contributed by atoms with Crippen molar-refractivity contribution in [3.05, 3.63) is 53.0 Å². The van der Waals surface area contributed by atoms with Crippen LogP contribution in [0.3, 0.4) is 0 Å². The average Bonchev–Trinajstić information content (AvgIpc) is 2.34. The zero-order chi connectivity index (χ0) is 14.0. The van der Waals surface area contributed by atoms with Gasteiger partial charge in [-0.1, -0.05) is 15.9 Å². The van der Waals surface area contributed by atoms with Crippen molar-refractivity contribution in [3.8, 4) is 11.6 Å². The third kappa shape index (κ3) is 3.29. The Morgan fingerprint density at radius 1 is 1.42 bits per heavy atom. The molecule has 98 valence electrons. The van der Waals surface area contributed by atoms with Crippen LogP contribution in [0.1, 0.15) is 0 Å². The second kappa shape index (κ2) is 5.65. The van der Waals surface area contributed by atoms with Crippen molar-refractivity contribution in [2.45, 2.75) is 0 Å². The van der Waals surface area contributed by atoms with Crippen molar-refractivity contribution in [3.63, 3.8) is 0 Å². The van der Waals surface area contributed by atoms with Gasteiger partial charge in [-0.15, -0.1) is 0 Å². The number of nitrogens with zero attached hydrogens (tertiary/aromatic N) is 2. The number of nitro benzene ring substituents is 1. The van der Waals surface area contributed by atoms with Crippen molar-refractivity contribution in [1.29, 1.82) is 0 Å². The van der Waals surface area contributed by atoms with E-state index >= 15 is 0 Å². The van der Waals surface area contributed by atoms with Crippen LogP contribution in [0.15, 0.2) is 33.8 Å². The van der Waals surface area contributed by atoms with Gasteiger partial charge in [-0.3, -0.25) is 14.9 Å². The largest absolute Gasteiger partial charge is 0.437 e. The standard InChI is InChI=1S/C10H5BrIN3O4/c11-5-1-6(15(17)18)3-7(2-5)19-10-8(12)9(16)13-4-14-10/h1-4H,(H,13,14,16). The first kappa shape index (κ1) is 13.9. The van der Waals surface area contributed by atoms with Gasteiger partial charge in [0.1, 0.15) is 9.32 Å².